The molecule has 0 radical (unpaired) electrons. The summed E-state index contributed by atoms with van der Waals surface area (Å²) >= 11 is 3.65. The average Bonchev–Trinajstić information content (AvgIpc) is 3.02. The number of esters is 1. The molecule has 1 aromatic carbocycles. The van der Waals surface area contributed by atoms with Crippen molar-refractivity contribution < 1.29 is 14.3 Å². The first-order valence-electron chi connectivity index (χ1n) is 10.4. The number of carbonyl (C=O) groups is 1. The zero-order valence-electron chi connectivity index (χ0n) is 17.6. The number of halogens is 1. The number of ether oxygens (including phenoxy) is 2. The van der Waals surface area contributed by atoms with Crippen molar-refractivity contribution in [3.05, 3.63) is 41.0 Å². The fourth-order valence-electron chi connectivity index (χ4n) is 3.81. The Morgan fingerprint density at radius 3 is 2.45 bits per heavy atom. The van der Waals surface area contributed by atoms with Crippen molar-refractivity contribution in [1.29, 1.82) is 0 Å². The highest BCUT2D eigenvalue weighted by Crippen LogP contribution is 2.32. The molecule has 158 valence electrons. The normalized spacial score (nSPS) is 19.9. The number of benzene rings is 1. The predicted molar refractivity (Wildman–Crippen MR) is 117 cm³/mol. The minimum atomic E-state index is -0.458. The maximum absolute atomic E-state index is 11.7. The summed E-state index contributed by atoms with van der Waals surface area (Å²) < 4.78 is 14.0. The van der Waals surface area contributed by atoms with Crippen molar-refractivity contribution in [3.63, 3.8) is 0 Å². The van der Waals surface area contributed by atoms with Gasteiger partial charge in [0.2, 0.25) is 0 Å². The van der Waals surface area contributed by atoms with Crippen molar-refractivity contribution in [2.24, 2.45) is 11.8 Å². The molecule has 5 nitrogen and oxygen atoms in total. The van der Waals surface area contributed by atoms with E-state index in [-0.39, 0.29) is 12.6 Å². The topological polar surface area (TPSA) is 53.4 Å². The van der Waals surface area contributed by atoms with Crippen LogP contribution in [0.25, 0.3) is 11.3 Å². The second-order valence-corrected chi connectivity index (χ2v) is 9.76. The molecule has 0 N–H and O–H groups in total. The van der Waals surface area contributed by atoms with E-state index in [1.165, 1.54) is 12.8 Å². The van der Waals surface area contributed by atoms with E-state index in [0.29, 0.717) is 18.4 Å². The molecule has 0 amide bonds. The smallest absolute Gasteiger partial charge is 0.332 e. The van der Waals surface area contributed by atoms with Gasteiger partial charge >= 0.3 is 5.97 Å². The van der Waals surface area contributed by atoms with Gasteiger partial charge in [-0.15, -0.1) is 0 Å². The van der Waals surface area contributed by atoms with Crippen LogP contribution in [0.5, 0.6) is 0 Å². The third kappa shape index (κ3) is 6.96. The molecule has 1 aliphatic rings. The van der Waals surface area contributed by atoms with Gasteiger partial charge in [-0.05, 0) is 74.2 Å². The maximum atomic E-state index is 11.7. The molecular weight excluding hydrogens is 432 g/mol. The van der Waals surface area contributed by atoms with E-state index in [1.807, 2.05) is 39.0 Å². The van der Waals surface area contributed by atoms with Crippen LogP contribution in [0.4, 0.5) is 0 Å². The van der Waals surface area contributed by atoms with Crippen LogP contribution in [-0.2, 0) is 20.8 Å². The van der Waals surface area contributed by atoms with Crippen LogP contribution in [-0.4, -0.2) is 34.6 Å². The number of nitrogens with zero attached hydrogens (tertiary/aromatic N) is 2. The van der Waals surface area contributed by atoms with Crippen molar-refractivity contribution in [3.8, 4) is 11.3 Å². The van der Waals surface area contributed by atoms with Crippen molar-refractivity contribution in [2.75, 3.05) is 13.2 Å². The first-order chi connectivity index (χ1) is 13.8. The van der Waals surface area contributed by atoms with E-state index in [0.717, 1.165) is 35.1 Å². The Balaban J connectivity index is 1.41. The predicted octanol–water partition coefficient (Wildman–Crippen LogP) is 5.48. The third-order valence-corrected chi connectivity index (χ3v) is 5.75. The van der Waals surface area contributed by atoms with Crippen molar-refractivity contribution in [1.82, 2.24) is 9.78 Å². The number of rotatable bonds is 7. The minimum Gasteiger partial charge on any atom is -0.458 e. The van der Waals surface area contributed by atoms with Crippen LogP contribution in [0.3, 0.4) is 0 Å². The summed E-state index contributed by atoms with van der Waals surface area (Å²) in [5, 5.41) is 4.79. The van der Waals surface area contributed by atoms with Crippen LogP contribution in [0.1, 0.15) is 46.5 Å². The van der Waals surface area contributed by atoms with E-state index in [4.69, 9.17) is 14.6 Å². The van der Waals surface area contributed by atoms with E-state index >= 15 is 0 Å². The Kier molecular flexibility index (Phi) is 7.52. The molecule has 6 heteroatoms. The van der Waals surface area contributed by atoms with Gasteiger partial charge in [-0.2, -0.15) is 5.10 Å². The van der Waals surface area contributed by atoms with Gasteiger partial charge in [0.05, 0.1) is 11.1 Å². The lowest BCUT2D eigenvalue weighted by molar-refractivity contribution is -0.160. The second-order valence-electron chi connectivity index (χ2n) is 8.90. The Labute approximate surface area is 181 Å². The van der Waals surface area contributed by atoms with Gasteiger partial charge in [0.25, 0.3) is 0 Å². The highest BCUT2D eigenvalue weighted by Gasteiger charge is 2.23. The average molecular weight is 463 g/mol. The minimum absolute atomic E-state index is 0.0424. The maximum Gasteiger partial charge on any atom is 0.332 e. The van der Waals surface area contributed by atoms with Crippen LogP contribution in [0.15, 0.2) is 41.0 Å². The van der Waals surface area contributed by atoms with Gasteiger partial charge in [0.15, 0.2) is 0 Å². The van der Waals surface area contributed by atoms with Gasteiger partial charge in [0.1, 0.15) is 17.9 Å². The summed E-state index contributed by atoms with van der Waals surface area (Å²) in [5.74, 6) is 0.870. The molecule has 0 bridgehead atoms. The molecule has 1 saturated carbocycles. The first kappa shape index (κ1) is 22.0. The zero-order chi connectivity index (χ0) is 20.9. The number of hydrogen-bond donors (Lipinski definition) is 0. The van der Waals surface area contributed by atoms with E-state index < -0.39 is 5.60 Å². The summed E-state index contributed by atoms with van der Waals surface area (Å²) in [7, 11) is 0. The lowest BCUT2D eigenvalue weighted by Crippen LogP contribution is -2.28. The zero-order valence-corrected chi connectivity index (χ0v) is 19.2. The van der Waals surface area contributed by atoms with Gasteiger partial charge in [0, 0.05) is 18.3 Å². The van der Waals surface area contributed by atoms with E-state index in [2.05, 4.69) is 38.9 Å². The van der Waals surface area contributed by atoms with Gasteiger partial charge in [-0.3, -0.25) is 4.68 Å². The van der Waals surface area contributed by atoms with Crippen molar-refractivity contribution >= 4 is 21.9 Å². The molecule has 1 fully saturated rings. The Morgan fingerprint density at radius 1 is 1.14 bits per heavy atom. The van der Waals surface area contributed by atoms with Crippen LogP contribution in [0, 0.1) is 11.8 Å². The highest BCUT2D eigenvalue weighted by atomic mass is 79.9. The summed E-state index contributed by atoms with van der Waals surface area (Å²) in [6, 6.07) is 10.3. The fraction of sp³-hybridized carbons (Fsp3) is 0.565. The molecule has 29 heavy (non-hydrogen) atoms. The van der Waals surface area contributed by atoms with E-state index in [1.54, 1.807) is 0 Å². The largest absolute Gasteiger partial charge is 0.458 e. The molecule has 0 atom stereocenters. The summed E-state index contributed by atoms with van der Waals surface area (Å²) in [6.45, 7) is 7.22. The summed E-state index contributed by atoms with van der Waals surface area (Å²) in [4.78, 5) is 11.7. The SMILES string of the molecule is CC(C)(C)OC(=O)COCC1CCC(Cn2cc(Br)c(-c3ccccc3)n2)CC1. The second kappa shape index (κ2) is 9.90. The first-order valence-corrected chi connectivity index (χ1v) is 11.2. The molecule has 0 aliphatic heterocycles. The summed E-state index contributed by atoms with van der Waals surface area (Å²) in [6.07, 6.45) is 6.68. The lowest BCUT2D eigenvalue weighted by Gasteiger charge is -2.28. The number of carbonyl (C=O) groups excluding carboxylic acids is 1. The molecule has 3 rings (SSSR count). The molecule has 0 spiro atoms. The monoisotopic (exact) mass is 462 g/mol. The van der Waals surface area contributed by atoms with Crippen LogP contribution in [0.2, 0.25) is 0 Å². The number of aromatic nitrogens is 2. The van der Waals surface area contributed by atoms with E-state index in [9.17, 15) is 4.79 Å². The van der Waals surface area contributed by atoms with Crippen LogP contribution < -0.4 is 0 Å². The lowest BCUT2D eigenvalue weighted by atomic mass is 9.82. The number of hydrogen-bond acceptors (Lipinski definition) is 4. The molecule has 0 unspecified atom stereocenters. The van der Waals surface area contributed by atoms with Crippen molar-refractivity contribution in [2.45, 2.75) is 58.6 Å². The van der Waals surface area contributed by atoms with Gasteiger partial charge < -0.3 is 9.47 Å². The quantitative estimate of drug-likeness (QED) is 0.511. The Bertz CT molecular complexity index is 790. The van der Waals surface area contributed by atoms with Crippen LogP contribution >= 0.6 is 15.9 Å². The van der Waals surface area contributed by atoms with Gasteiger partial charge in [-0.1, -0.05) is 30.3 Å². The fourth-order valence-corrected chi connectivity index (χ4v) is 4.35. The Morgan fingerprint density at radius 2 is 1.79 bits per heavy atom. The third-order valence-electron chi connectivity index (χ3n) is 5.17. The molecule has 1 aliphatic carbocycles. The standard InChI is InChI=1S/C23H31BrN2O3/c1-23(2,3)29-21(27)16-28-15-18-11-9-17(10-12-18)13-26-14-20(24)22(25-26)19-7-5-4-6-8-19/h4-8,14,17-18H,9-13,15-16H2,1-3H3. The Hall–Kier alpha value is -1.66. The summed E-state index contributed by atoms with van der Waals surface area (Å²) in [5.41, 5.74) is 1.67. The molecule has 0 saturated heterocycles. The van der Waals surface area contributed by atoms with Gasteiger partial charge in [-0.25, -0.2) is 4.79 Å². The molecule has 1 heterocycles. The molecular formula is C23H31BrN2O3. The molecule has 2 aromatic rings. The highest BCUT2D eigenvalue weighted by molar-refractivity contribution is 9.10. The molecule has 1 aromatic heterocycles.